The lowest BCUT2D eigenvalue weighted by molar-refractivity contribution is -0.0647. The standard InChI is InChI=1S/C26H39NO2/c1-19-26(7,8)23-21-12-10-9-11-20(21)13-14-22(23)27(19)16-18-29-25(5,6)15-17-28-24(2,3)4/h9-14,19H,15-18H2,1-8H3. The van der Waals surface area contributed by atoms with Crippen LogP contribution in [0.15, 0.2) is 36.4 Å². The van der Waals surface area contributed by atoms with Crippen LogP contribution < -0.4 is 4.90 Å². The zero-order chi connectivity index (χ0) is 21.4. The van der Waals surface area contributed by atoms with E-state index in [0.717, 1.165) is 26.2 Å². The number of ether oxygens (including phenoxy) is 2. The first-order valence-electron chi connectivity index (χ1n) is 11.0. The molecule has 0 bridgehead atoms. The molecule has 0 amide bonds. The Labute approximate surface area is 177 Å². The van der Waals surface area contributed by atoms with Gasteiger partial charge in [-0.1, -0.05) is 44.2 Å². The molecule has 3 rings (SSSR count). The molecule has 2 aromatic rings. The van der Waals surface area contributed by atoms with Crippen LogP contribution in [-0.4, -0.2) is 37.0 Å². The molecule has 1 unspecified atom stereocenters. The van der Waals surface area contributed by atoms with E-state index in [1.807, 2.05) is 0 Å². The molecule has 0 aliphatic carbocycles. The SMILES string of the molecule is CC1N(CCOC(C)(C)CCOC(C)(C)C)c2ccc3ccccc3c2C1(C)C. The van der Waals surface area contributed by atoms with Crippen molar-refractivity contribution >= 4 is 16.5 Å². The molecule has 3 heteroatoms. The Morgan fingerprint density at radius 3 is 2.31 bits per heavy atom. The van der Waals surface area contributed by atoms with Crippen molar-refractivity contribution in [1.82, 2.24) is 0 Å². The lowest BCUT2D eigenvalue weighted by Gasteiger charge is -2.33. The van der Waals surface area contributed by atoms with E-state index in [0.29, 0.717) is 6.04 Å². The molecule has 0 N–H and O–H groups in total. The molecule has 1 heterocycles. The van der Waals surface area contributed by atoms with Gasteiger partial charge in [0.1, 0.15) is 0 Å². The average Bonchev–Trinajstić information content (AvgIpc) is 2.81. The molecule has 0 saturated heterocycles. The fourth-order valence-electron chi connectivity index (χ4n) is 4.39. The lowest BCUT2D eigenvalue weighted by atomic mass is 9.79. The normalized spacial score (nSPS) is 19.0. The average molecular weight is 398 g/mol. The number of anilines is 1. The summed E-state index contributed by atoms with van der Waals surface area (Å²) in [5.74, 6) is 0. The smallest absolute Gasteiger partial charge is 0.0649 e. The molecule has 2 aromatic carbocycles. The molecule has 0 saturated carbocycles. The Morgan fingerprint density at radius 2 is 1.62 bits per heavy atom. The van der Waals surface area contributed by atoms with Gasteiger partial charge >= 0.3 is 0 Å². The first kappa shape index (κ1) is 22.1. The van der Waals surface area contributed by atoms with Gasteiger partial charge in [-0.25, -0.2) is 0 Å². The van der Waals surface area contributed by atoms with Crippen LogP contribution >= 0.6 is 0 Å². The van der Waals surface area contributed by atoms with Crippen LogP contribution in [0.5, 0.6) is 0 Å². The van der Waals surface area contributed by atoms with Gasteiger partial charge in [-0.15, -0.1) is 0 Å². The highest BCUT2D eigenvalue weighted by Gasteiger charge is 2.42. The lowest BCUT2D eigenvalue weighted by Crippen LogP contribution is -2.41. The molecule has 1 aliphatic rings. The monoisotopic (exact) mass is 397 g/mol. The topological polar surface area (TPSA) is 21.7 Å². The van der Waals surface area contributed by atoms with Crippen molar-refractivity contribution in [2.45, 2.75) is 84.5 Å². The van der Waals surface area contributed by atoms with E-state index >= 15 is 0 Å². The van der Waals surface area contributed by atoms with Gasteiger partial charge in [0.25, 0.3) is 0 Å². The van der Waals surface area contributed by atoms with Crippen LogP contribution in [0, 0.1) is 0 Å². The summed E-state index contributed by atoms with van der Waals surface area (Å²) in [5, 5.41) is 2.70. The molecule has 160 valence electrons. The van der Waals surface area contributed by atoms with Crippen molar-refractivity contribution in [3.05, 3.63) is 42.0 Å². The molecular weight excluding hydrogens is 358 g/mol. The van der Waals surface area contributed by atoms with Crippen LogP contribution in [0.25, 0.3) is 10.8 Å². The van der Waals surface area contributed by atoms with Crippen molar-refractivity contribution in [2.75, 3.05) is 24.7 Å². The summed E-state index contributed by atoms with van der Waals surface area (Å²) >= 11 is 0. The number of rotatable bonds is 7. The van der Waals surface area contributed by atoms with Crippen LogP contribution in [-0.2, 0) is 14.9 Å². The van der Waals surface area contributed by atoms with Crippen molar-refractivity contribution in [1.29, 1.82) is 0 Å². The molecule has 1 atom stereocenters. The fraction of sp³-hybridized carbons (Fsp3) is 0.615. The third kappa shape index (κ3) is 4.78. The summed E-state index contributed by atoms with van der Waals surface area (Å²) in [4.78, 5) is 2.53. The van der Waals surface area contributed by atoms with E-state index in [2.05, 4.69) is 96.7 Å². The molecule has 3 nitrogen and oxygen atoms in total. The van der Waals surface area contributed by atoms with Crippen LogP contribution in [0.3, 0.4) is 0 Å². The molecule has 1 aliphatic heterocycles. The Kier molecular flexibility index (Phi) is 6.04. The van der Waals surface area contributed by atoms with Gasteiger partial charge < -0.3 is 14.4 Å². The van der Waals surface area contributed by atoms with Crippen LogP contribution in [0.1, 0.15) is 67.4 Å². The number of fused-ring (bicyclic) bond motifs is 3. The first-order chi connectivity index (χ1) is 13.4. The molecule has 29 heavy (non-hydrogen) atoms. The summed E-state index contributed by atoms with van der Waals surface area (Å²) in [5.41, 5.74) is 2.65. The van der Waals surface area contributed by atoms with Gasteiger partial charge in [0.15, 0.2) is 0 Å². The van der Waals surface area contributed by atoms with Crippen LogP contribution in [0.2, 0.25) is 0 Å². The van der Waals surface area contributed by atoms with Gasteiger partial charge in [-0.3, -0.25) is 0 Å². The van der Waals surface area contributed by atoms with Gasteiger partial charge in [0, 0.05) is 30.3 Å². The van der Waals surface area contributed by atoms with E-state index in [-0.39, 0.29) is 16.6 Å². The third-order valence-electron chi connectivity index (χ3n) is 6.44. The van der Waals surface area contributed by atoms with E-state index < -0.39 is 0 Å². The molecular formula is C26H39NO2. The van der Waals surface area contributed by atoms with Gasteiger partial charge in [-0.2, -0.15) is 0 Å². The first-order valence-corrected chi connectivity index (χ1v) is 11.0. The third-order valence-corrected chi connectivity index (χ3v) is 6.44. The second kappa shape index (κ2) is 7.92. The molecule has 0 radical (unpaired) electrons. The number of hydrogen-bond donors (Lipinski definition) is 0. The Bertz CT molecular complexity index is 847. The largest absolute Gasteiger partial charge is 0.376 e. The molecule has 0 spiro atoms. The van der Waals surface area contributed by atoms with Crippen molar-refractivity contribution < 1.29 is 9.47 Å². The maximum absolute atomic E-state index is 6.30. The predicted molar refractivity (Wildman–Crippen MR) is 124 cm³/mol. The number of benzene rings is 2. The van der Waals surface area contributed by atoms with E-state index in [1.165, 1.54) is 22.0 Å². The Balaban J connectivity index is 1.69. The summed E-state index contributed by atoms with van der Waals surface area (Å²) in [6.07, 6.45) is 0.895. The highest BCUT2D eigenvalue weighted by atomic mass is 16.5. The molecule has 0 fully saturated rings. The van der Waals surface area contributed by atoms with E-state index in [9.17, 15) is 0 Å². The maximum atomic E-state index is 6.30. The summed E-state index contributed by atoms with van der Waals surface area (Å²) in [6, 6.07) is 13.7. The van der Waals surface area contributed by atoms with Crippen molar-refractivity contribution in [3.63, 3.8) is 0 Å². The zero-order valence-electron chi connectivity index (χ0n) is 19.6. The van der Waals surface area contributed by atoms with Crippen molar-refractivity contribution in [3.8, 4) is 0 Å². The van der Waals surface area contributed by atoms with Crippen LogP contribution in [0.4, 0.5) is 5.69 Å². The quantitative estimate of drug-likeness (QED) is 0.545. The minimum absolute atomic E-state index is 0.0981. The summed E-state index contributed by atoms with van der Waals surface area (Å²) < 4.78 is 12.2. The second-order valence-electron chi connectivity index (χ2n) is 10.6. The minimum Gasteiger partial charge on any atom is -0.376 e. The highest BCUT2D eigenvalue weighted by molar-refractivity contribution is 5.93. The molecule has 0 aromatic heterocycles. The maximum Gasteiger partial charge on any atom is 0.0649 e. The minimum atomic E-state index is -0.185. The van der Waals surface area contributed by atoms with Gasteiger partial charge in [-0.05, 0) is 70.4 Å². The van der Waals surface area contributed by atoms with E-state index in [1.54, 1.807) is 0 Å². The highest BCUT2D eigenvalue weighted by Crippen LogP contribution is 2.48. The number of hydrogen-bond acceptors (Lipinski definition) is 3. The Morgan fingerprint density at radius 1 is 0.931 bits per heavy atom. The Hall–Kier alpha value is -1.58. The van der Waals surface area contributed by atoms with E-state index in [4.69, 9.17) is 9.47 Å². The fourth-order valence-corrected chi connectivity index (χ4v) is 4.39. The predicted octanol–water partition coefficient (Wildman–Crippen LogP) is 6.33. The van der Waals surface area contributed by atoms with Gasteiger partial charge in [0.05, 0.1) is 17.8 Å². The van der Waals surface area contributed by atoms with Gasteiger partial charge in [0.2, 0.25) is 0 Å². The number of nitrogens with zero attached hydrogens (tertiary/aromatic N) is 1. The summed E-state index contributed by atoms with van der Waals surface area (Å²) in [6.45, 7) is 20.0. The van der Waals surface area contributed by atoms with Crippen molar-refractivity contribution in [2.24, 2.45) is 0 Å². The summed E-state index contributed by atoms with van der Waals surface area (Å²) in [7, 11) is 0. The zero-order valence-corrected chi connectivity index (χ0v) is 19.6. The second-order valence-corrected chi connectivity index (χ2v) is 10.6.